The summed E-state index contributed by atoms with van der Waals surface area (Å²) < 4.78 is 29.1. The third-order valence-corrected chi connectivity index (χ3v) is 2.46. The van der Waals surface area contributed by atoms with E-state index in [0.717, 1.165) is 6.42 Å². The first-order valence-electron chi connectivity index (χ1n) is 4.84. The Balaban J connectivity index is 2.35. The van der Waals surface area contributed by atoms with E-state index in [2.05, 4.69) is 5.32 Å². The number of rotatable bonds is 4. The molecule has 0 aliphatic carbocycles. The van der Waals surface area contributed by atoms with Gasteiger partial charge in [0.2, 0.25) is 0 Å². The summed E-state index contributed by atoms with van der Waals surface area (Å²) >= 11 is 0. The number of hydrogen-bond acceptors (Lipinski definition) is 3. The van der Waals surface area contributed by atoms with Gasteiger partial charge in [-0.2, -0.15) is 0 Å². The van der Waals surface area contributed by atoms with E-state index in [1.165, 1.54) is 0 Å². The molecule has 1 aliphatic heterocycles. The van der Waals surface area contributed by atoms with E-state index in [1.54, 1.807) is 6.92 Å². The minimum absolute atomic E-state index is 0.445. The van der Waals surface area contributed by atoms with Crippen LogP contribution in [0.3, 0.4) is 0 Å². The maximum Gasteiger partial charge on any atom is 0.265 e. The normalized spacial score (nSPS) is 28.1. The van der Waals surface area contributed by atoms with Crippen LogP contribution in [0, 0.1) is 0 Å². The lowest BCUT2D eigenvalue weighted by Gasteiger charge is -2.22. The van der Waals surface area contributed by atoms with Crippen molar-refractivity contribution in [3.8, 4) is 0 Å². The molecule has 0 aromatic heterocycles. The predicted octanol–water partition coefficient (Wildman–Crippen LogP) is 0.298. The molecule has 0 radical (unpaired) electrons. The topological polar surface area (TPSA) is 58.6 Å². The standard InChI is InChI=1S/C9H15F2NO3/c1-9(3-2-4-15-9)8(14)12-5-6(13)7(10)11/h6-7,13H,2-5H2,1H3,(H,12,14). The van der Waals surface area contributed by atoms with E-state index in [4.69, 9.17) is 9.84 Å². The van der Waals surface area contributed by atoms with E-state index in [0.29, 0.717) is 13.0 Å². The Labute approximate surface area is 86.6 Å². The van der Waals surface area contributed by atoms with Gasteiger partial charge in [0.1, 0.15) is 11.7 Å². The van der Waals surface area contributed by atoms with Crippen LogP contribution in [0.4, 0.5) is 8.78 Å². The first-order valence-corrected chi connectivity index (χ1v) is 4.84. The zero-order valence-corrected chi connectivity index (χ0v) is 8.50. The fraction of sp³-hybridized carbons (Fsp3) is 0.889. The second-order valence-corrected chi connectivity index (χ2v) is 3.79. The summed E-state index contributed by atoms with van der Waals surface area (Å²) in [6.45, 7) is 1.67. The fourth-order valence-electron chi connectivity index (χ4n) is 1.43. The van der Waals surface area contributed by atoms with Crippen molar-refractivity contribution in [2.45, 2.75) is 37.9 Å². The summed E-state index contributed by atoms with van der Waals surface area (Å²) in [4.78, 5) is 11.5. The predicted molar refractivity (Wildman–Crippen MR) is 48.6 cm³/mol. The van der Waals surface area contributed by atoms with Crippen LogP contribution < -0.4 is 5.32 Å². The van der Waals surface area contributed by atoms with Crippen LogP contribution in [0.2, 0.25) is 0 Å². The van der Waals surface area contributed by atoms with Crippen molar-refractivity contribution in [2.75, 3.05) is 13.2 Å². The van der Waals surface area contributed by atoms with Gasteiger partial charge in [-0.1, -0.05) is 0 Å². The van der Waals surface area contributed by atoms with Gasteiger partial charge in [-0.3, -0.25) is 4.79 Å². The Morgan fingerprint density at radius 1 is 1.67 bits per heavy atom. The van der Waals surface area contributed by atoms with Gasteiger partial charge < -0.3 is 15.2 Å². The molecule has 1 heterocycles. The lowest BCUT2D eigenvalue weighted by Crippen LogP contribution is -2.47. The highest BCUT2D eigenvalue weighted by Crippen LogP contribution is 2.24. The van der Waals surface area contributed by atoms with E-state index in [9.17, 15) is 13.6 Å². The summed E-state index contributed by atoms with van der Waals surface area (Å²) in [5, 5.41) is 11.0. The summed E-state index contributed by atoms with van der Waals surface area (Å²) in [6.07, 6.45) is -3.31. The second kappa shape index (κ2) is 4.85. The zero-order valence-electron chi connectivity index (χ0n) is 8.50. The Kier molecular flexibility index (Phi) is 3.98. The molecule has 88 valence electrons. The fourth-order valence-corrected chi connectivity index (χ4v) is 1.43. The van der Waals surface area contributed by atoms with Gasteiger partial charge in [-0.15, -0.1) is 0 Å². The Hall–Kier alpha value is -0.750. The molecule has 0 aromatic rings. The van der Waals surface area contributed by atoms with Crippen molar-refractivity contribution in [2.24, 2.45) is 0 Å². The zero-order chi connectivity index (χ0) is 11.5. The van der Waals surface area contributed by atoms with Crippen molar-refractivity contribution in [3.63, 3.8) is 0 Å². The lowest BCUT2D eigenvalue weighted by molar-refractivity contribution is -0.140. The smallest absolute Gasteiger partial charge is 0.265 e. The molecule has 2 N–H and O–H groups in total. The number of nitrogens with one attached hydrogen (secondary N) is 1. The van der Waals surface area contributed by atoms with Gasteiger partial charge in [0.05, 0.1) is 0 Å². The number of aliphatic hydroxyl groups excluding tert-OH is 1. The number of ether oxygens (including phenoxy) is 1. The number of carbonyl (C=O) groups is 1. The van der Waals surface area contributed by atoms with Crippen LogP contribution in [0.1, 0.15) is 19.8 Å². The number of alkyl halides is 2. The summed E-state index contributed by atoms with van der Waals surface area (Å²) in [5.41, 5.74) is -0.929. The number of amides is 1. The van der Waals surface area contributed by atoms with Crippen molar-refractivity contribution in [1.29, 1.82) is 0 Å². The highest BCUT2D eigenvalue weighted by Gasteiger charge is 2.37. The maximum absolute atomic E-state index is 11.9. The van der Waals surface area contributed by atoms with E-state index < -0.39 is 30.6 Å². The van der Waals surface area contributed by atoms with Crippen molar-refractivity contribution in [1.82, 2.24) is 5.32 Å². The van der Waals surface area contributed by atoms with E-state index >= 15 is 0 Å². The highest BCUT2D eigenvalue weighted by molar-refractivity contribution is 5.85. The molecule has 0 spiro atoms. The van der Waals surface area contributed by atoms with Gasteiger partial charge in [-0.05, 0) is 19.8 Å². The summed E-state index contributed by atoms with van der Waals surface area (Å²) in [5.74, 6) is -0.445. The van der Waals surface area contributed by atoms with Crippen molar-refractivity contribution >= 4 is 5.91 Å². The molecular weight excluding hydrogens is 208 g/mol. The van der Waals surface area contributed by atoms with Crippen LogP contribution in [0.15, 0.2) is 0 Å². The number of hydrogen-bond donors (Lipinski definition) is 2. The van der Waals surface area contributed by atoms with Crippen LogP contribution in [0.25, 0.3) is 0 Å². The van der Waals surface area contributed by atoms with Gasteiger partial charge in [0.15, 0.2) is 0 Å². The minimum Gasteiger partial charge on any atom is -0.385 e. The lowest BCUT2D eigenvalue weighted by atomic mass is 10.0. The Morgan fingerprint density at radius 2 is 2.33 bits per heavy atom. The average Bonchev–Trinajstić information content (AvgIpc) is 2.62. The first-order chi connectivity index (χ1) is 6.96. The maximum atomic E-state index is 11.9. The molecule has 15 heavy (non-hydrogen) atoms. The molecule has 2 unspecified atom stereocenters. The molecule has 1 fully saturated rings. The molecule has 0 saturated carbocycles. The van der Waals surface area contributed by atoms with E-state index in [-0.39, 0.29) is 0 Å². The quantitative estimate of drug-likeness (QED) is 0.720. The summed E-state index contributed by atoms with van der Waals surface area (Å²) in [7, 11) is 0. The number of halogens is 2. The van der Waals surface area contributed by atoms with Crippen molar-refractivity contribution < 1.29 is 23.4 Å². The largest absolute Gasteiger partial charge is 0.385 e. The monoisotopic (exact) mass is 223 g/mol. The summed E-state index contributed by atoms with van der Waals surface area (Å²) in [6, 6.07) is 0. The van der Waals surface area contributed by atoms with Gasteiger partial charge in [-0.25, -0.2) is 8.78 Å². The molecule has 1 aliphatic rings. The minimum atomic E-state index is -2.84. The Morgan fingerprint density at radius 3 is 2.80 bits per heavy atom. The molecule has 4 nitrogen and oxygen atoms in total. The van der Waals surface area contributed by atoms with Crippen LogP contribution >= 0.6 is 0 Å². The van der Waals surface area contributed by atoms with Gasteiger partial charge in [0, 0.05) is 13.2 Å². The molecule has 1 saturated heterocycles. The molecule has 1 rings (SSSR count). The second-order valence-electron chi connectivity index (χ2n) is 3.79. The molecular formula is C9H15F2NO3. The van der Waals surface area contributed by atoms with Gasteiger partial charge >= 0.3 is 0 Å². The third kappa shape index (κ3) is 3.10. The molecule has 0 bridgehead atoms. The van der Waals surface area contributed by atoms with Gasteiger partial charge in [0.25, 0.3) is 12.3 Å². The molecule has 6 heteroatoms. The molecule has 2 atom stereocenters. The van der Waals surface area contributed by atoms with Crippen LogP contribution in [-0.4, -0.2) is 42.3 Å². The van der Waals surface area contributed by atoms with Crippen molar-refractivity contribution in [3.05, 3.63) is 0 Å². The first kappa shape index (κ1) is 12.3. The SMILES string of the molecule is CC1(C(=O)NCC(O)C(F)F)CCCO1. The Bertz CT molecular complexity index is 229. The third-order valence-electron chi connectivity index (χ3n) is 2.46. The van der Waals surface area contributed by atoms with E-state index in [1.807, 2.05) is 0 Å². The van der Waals surface area contributed by atoms with Crippen LogP contribution in [0.5, 0.6) is 0 Å². The molecule has 0 aromatic carbocycles. The number of aliphatic hydroxyl groups is 1. The molecule has 1 amide bonds. The van der Waals surface area contributed by atoms with Crippen LogP contribution in [-0.2, 0) is 9.53 Å². The average molecular weight is 223 g/mol. The highest BCUT2D eigenvalue weighted by atomic mass is 19.3. The number of carbonyl (C=O) groups excluding carboxylic acids is 1.